The summed E-state index contributed by atoms with van der Waals surface area (Å²) in [5.74, 6) is -0.0479. The Labute approximate surface area is 217 Å². The lowest BCUT2D eigenvalue weighted by Crippen LogP contribution is -2.44. The van der Waals surface area contributed by atoms with Crippen LogP contribution in [0.25, 0.3) is 21.9 Å². The fraction of sp³-hybridized carbons (Fsp3) is 0.310. The highest BCUT2D eigenvalue weighted by atomic mass is 79.9. The van der Waals surface area contributed by atoms with E-state index in [0.717, 1.165) is 56.1 Å². The Balaban J connectivity index is 1.09. The predicted molar refractivity (Wildman–Crippen MR) is 143 cm³/mol. The number of carbonyl (C=O) groups is 2. The van der Waals surface area contributed by atoms with Crippen molar-refractivity contribution >= 4 is 55.4 Å². The number of hydrogen-bond donors (Lipinski definition) is 1. The standard InChI is InChI=1S/C29H27BrN2O4/c1-18-14-19(30)6-8-21(18)28(34)32-12-10-29(11-13-32)16-26(35-17-29)27(33)31-20-7-9-25-23(15-20)22-4-2-3-5-24(22)36-25/h2-9,14-15,26H,10-13,16-17H2,1H3,(H,31,33). The largest absolute Gasteiger partial charge is 0.456 e. The number of furan rings is 1. The minimum atomic E-state index is -0.488. The number of para-hydroxylation sites is 1. The van der Waals surface area contributed by atoms with Crippen molar-refractivity contribution in [3.63, 3.8) is 0 Å². The Morgan fingerprint density at radius 2 is 1.78 bits per heavy atom. The number of hydrogen-bond acceptors (Lipinski definition) is 4. The molecule has 0 aliphatic carbocycles. The van der Waals surface area contributed by atoms with E-state index in [1.165, 1.54) is 0 Å². The van der Waals surface area contributed by atoms with Crippen LogP contribution in [-0.2, 0) is 9.53 Å². The number of halogens is 1. The van der Waals surface area contributed by atoms with Crippen molar-refractivity contribution in [3.05, 3.63) is 76.3 Å². The number of piperidine rings is 1. The van der Waals surface area contributed by atoms with Gasteiger partial charge in [0.15, 0.2) is 0 Å². The van der Waals surface area contributed by atoms with Crippen LogP contribution < -0.4 is 5.32 Å². The van der Waals surface area contributed by atoms with Gasteiger partial charge < -0.3 is 19.4 Å². The number of ether oxygens (including phenoxy) is 1. The summed E-state index contributed by atoms with van der Waals surface area (Å²) in [5.41, 5.74) is 4.02. The average molecular weight is 547 g/mol. The van der Waals surface area contributed by atoms with Gasteiger partial charge in [-0.15, -0.1) is 0 Å². The second-order valence-electron chi connectivity index (χ2n) is 10.1. The Kier molecular flexibility index (Phi) is 5.85. The first-order valence-corrected chi connectivity index (χ1v) is 13.1. The molecule has 1 spiro atoms. The van der Waals surface area contributed by atoms with Crippen LogP contribution >= 0.6 is 15.9 Å². The number of rotatable bonds is 3. The van der Waals surface area contributed by atoms with Crippen LogP contribution in [0, 0.1) is 12.3 Å². The van der Waals surface area contributed by atoms with E-state index in [2.05, 4.69) is 21.2 Å². The number of fused-ring (bicyclic) bond motifs is 3. The summed E-state index contributed by atoms with van der Waals surface area (Å²) in [4.78, 5) is 28.1. The van der Waals surface area contributed by atoms with Gasteiger partial charge in [-0.05, 0) is 74.2 Å². The van der Waals surface area contributed by atoms with Gasteiger partial charge in [0, 0.05) is 45.0 Å². The third-order valence-electron chi connectivity index (χ3n) is 7.68. The molecule has 0 saturated carbocycles. The second kappa shape index (κ2) is 9.05. The maximum atomic E-state index is 13.1. The third-order valence-corrected chi connectivity index (χ3v) is 8.17. The smallest absolute Gasteiger partial charge is 0.254 e. The molecule has 0 radical (unpaired) electrons. The van der Waals surface area contributed by atoms with Crippen LogP contribution in [-0.4, -0.2) is 42.5 Å². The molecule has 2 aliphatic rings. The number of anilines is 1. The first kappa shape index (κ1) is 23.3. The fourth-order valence-electron chi connectivity index (χ4n) is 5.55. The molecular formula is C29H27BrN2O4. The van der Waals surface area contributed by atoms with Crippen molar-refractivity contribution in [1.82, 2.24) is 4.90 Å². The van der Waals surface area contributed by atoms with E-state index in [0.29, 0.717) is 26.1 Å². The second-order valence-corrected chi connectivity index (χ2v) is 11.0. The van der Waals surface area contributed by atoms with Crippen molar-refractivity contribution in [2.24, 2.45) is 5.41 Å². The van der Waals surface area contributed by atoms with Crippen LogP contribution in [0.3, 0.4) is 0 Å². The predicted octanol–water partition coefficient (Wildman–Crippen LogP) is 6.31. The molecule has 1 unspecified atom stereocenters. The van der Waals surface area contributed by atoms with Gasteiger partial charge in [0.2, 0.25) is 0 Å². The van der Waals surface area contributed by atoms with Crippen LogP contribution in [0.1, 0.15) is 35.2 Å². The van der Waals surface area contributed by atoms with Gasteiger partial charge in [-0.25, -0.2) is 0 Å². The summed E-state index contributed by atoms with van der Waals surface area (Å²) in [6, 6.07) is 19.4. The Morgan fingerprint density at radius 3 is 2.58 bits per heavy atom. The molecular weight excluding hydrogens is 520 g/mol. The Bertz CT molecular complexity index is 1490. The van der Waals surface area contributed by atoms with Crippen LogP contribution in [0.2, 0.25) is 0 Å². The van der Waals surface area contributed by atoms with Gasteiger partial charge in [-0.3, -0.25) is 9.59 Å². The highest BCUT2D eigenvalue weighted by Gasteiger charge is 2.45. The highest BCUT2D eigenvalue weighted by molar-refractivity contribution is 9.10. The number of carbonyl (C=O) groups excluding carboxylic acids is 2. The molecule has 4 aromatic rings. The molecule has 3 aromatic carbocycles. The lowest BCUT2D eigenvalue weighted by atomic mass is 9.76. The number of amides is 2. The highest BCUT2D eigenvalue weighted by Crippen LogP contribution is 2.42. The summed E-state index contributed by atoms with van der Waals surface area (Å²) in [6.07, 6.45) is 1.86. The number of nitrogens with zero attached hydrogens (tertiary/aromatic N) is 1. The van der Waals surface area contributed by atoms with Gasteiger partial charge in [-0.2, -0.15) is 0 Å². The minimum absolute atomic E-state index is 0.0573. The molecule has 36 heavy (non-hydrogen) atoms. The SMILES string of the molecule is Cc1cc(Br)ccc1C(=O)N1CCC2(CC1)COC(C(=O)Nc1ccc3oc4ccccc4c3c1)C2. The summed E-state index contributed by atoms with van der Waals surface area (Å²) in [6.45, 7) is 3.87. The summed E-state index contributed by atoms with van der Waals surface area (Å²) in [5, 5.41) is 5.04. The molecule has 2 amide bonds. The van der Waals surface area contributed by atoms with E-state index < -0.39 is 6.10 Å². The van der Waals surface area contributed by atoms with Crippen molar-refractivity contribution in [1.29, 1.82) is 0 Å². The number of aryl methyl sites for hydroxylation is 1. The molecule has 2 fully saturated rings. The summed E-state index contributed by atoms with van der Waals surface area (Å²) < 4.78 is 12.9. The third kappa shape index (κ3) is 4.20. The number of nitrogens with one attached hydrogen (secondary N) is 1. The molecule has 184 valence electrons. The summed E-state index contributed by atoms with van der Waals surface area (Å²) in [7, 11) is 0. The first-order valence-electron chi connectivity index (χ1n) is 12.3. The molecule has 3 heterocycles. The molecule has 1 N–H and O–H groups in total. The van der Waals surface area contributed by atoms with E-state index >= 15 is 0 Å². The topological polar surface area (TPSA) is 71.8 Å². The molecule has 0 bridgehead atoms. The van der Waals surface area contributed by atoms with Gasteiger partial charge in [-0.1, -0.05) is 34.1 Å². The summed E-state index contributed by atoms with van der Waals surface area (Å²) >= 11 is 3.46. The molecule has 1 atom stereocenters. The van der Waals surface area contributed by atoms with Crippen molar-refractivity contribution in [3.8, 4) is 0 Å². The van der Waals surface area contributed by atoms with Crippen LogP contribution in [0.5, 0.6) is 0 Å². The van der Waals surface area contributed by atoms with Gasteiger partial charge in [0.05, 0.1) is 6.61 Å². The average Bonchev–Trinajstić information content (AvgIpc) is 3.46. The number of likely N-dealkylation sites (tertiary alicyclic amines) is 1. The maximum Gasteiger partial charge on any atom is 0.254 e. The lowest BCUT2D eigenvalue weighted by Gasteiger charge is -2.38. The molecule has 2 saturated heterocycles. The zero-order valence-corrected chi connectivity index (χ0v) is 21.6. The minimum Gasteiger partial charge on any atom is -0.456 e. The molecule has 7 heteroatoms. The quantitative estimate of drug-likeness (QED) is 0.327. The van der Waals surface area contributed by atoms with Gasteiger partial charge in [0.1, 0.15) is 17.3 Å². The van der Waals surface area contributed by atoms with Crippen molar-refractivity contribution in [2.75, 3.05) is 25.0 Å². The Morgan fingerprint density at radius 1 is 1.00 bits per heavy atom. The zero-order valence-electron chi connectivity index (χ0n) is 20.1. The first-order chi connectivity index (χ1) is 17.4. The molecule has 6 rings (SSSR count). The molecule has 6 nitrogen and oxygen atoms in total. The zero-order chi connectivity index (χ0) is 24.9. The van der Waals surface area contributed by atoms with Crippen LogP contribution in [0.15, 0.2) is 69.6 Å². The van der Waals surface area contributed by atoms with Crippen molar-refractivity contribution < 1.29 is 18.7 Å². The van der Waals surface area contributed by atoms with E-state index in [1.54, 1.807) is 0 Å². The Hall–Kier alpha value is -3.16. The lowest BCUT2D eigenvalue weighted by molar-refractivity contribution is -0.124. The molecule has 2 aliphatic heterocycles. The normalized spacial score (nSPS) is 19.3. The van der Waals surface area contributed by atoms with E-state index in [9.17, 15) is 9.59 Å². The van der Waals surface area contributed by atoms with E-state index in [-0.39, 0.29) is 17.2 Å². The maximum absolute atomic E-state index is 13.1. The fourth-order valence-corrected chi connectivity index (χ4v) is 6.03. The van der Waals surface area contributed by atoms with E-state index in [4.69, 9.17) is 9.15 Å². The molecule has 1 aromatic heterocycles. The van der Waals surface area contributed by atoms with Crippen molar-refractivity contribution in [2.45, 2.75) is 32.3 Å². The number of benzene rings is 3. The van der Waals surface area contributed by atoms with Crippen LogP contribution in [0.4, 0.5) is 5.69 Å². The van der Waals surface area contributed by atoms with Gasteiger partial charge >= 0.3 is 0 Å². The van der Waals surface area contributed by atoms with Gasteiger partial charge in [0.25, 0.3) is 11.8 Å². The van der Waals surface area contributed by atoms with E-state index in [1.807, 2.05) is 72.5 Å². The monoisotopic (exact) mass is 546 g/mol.